The molecule has 7 heteroatoms. The zero-order chi connectivity index (χ0) is 19.1. The van der Waals surface area contributed by atoms with Gasteiger partial charge in [0, 0.05) is 22.5 Å². The predicted molar refractivity (Wildman–Crippen MR) is 108 cm³/mol. The van der Waals surface area contributed by atoms with E-state index in [2.05, 4.69) is 20.6 Å². The largest absolute Gasteiger partial charge is 0.497 e. The Hall–Kier alpha value is -2.99. The van der Waals surface area contributed by atoms with E-state index in [0.717, 1.165) is 22.9 Å². The van der Waals surface area contributed by atoms with E-state index in [1.165, 1.54) is 0 Å². The first-order valence-electron chi connectivity index (χ1n) is 8.51. The molecule has 6 nitrogen and oxygen atoms in total. The Bertz CT molecular complexity index is 870. The van der Waals surface area contributed by atoms with E-state index >= 15 is 0 Å². The molecule has 0 aliphatic rings. The van der Waals surface area contributed by atoms with Crippen LogP contribution < -0.4 is 20.1 Å². The number of ether oxygens (including phenoxy) is 2. The fourth-order valence-electron chi connectivity index (χ4n) is 2.40. The molecule has 3 rings (SSSR count). The van der Waals surface area contributed by atoms with Crippen LogP contribution in [0.25, 0.3) is 0 Å². The summed E-state index contributed by atoms with van der Waals surface area (Å²) in [6.07, 6.45) is 0. The number of hydrogen-bond acceptors (Lipinski definition) is 6. The second kappa shape index (κ2) is 9.09. The molecular formula is C20H21ClN4O2. The molecule has 0 spiro atoms. The normalized spacial score (nSPS) is 10.3. The number of methoxy groups -OCH3 is 1. The van der Waals surface area contributed by atoms with Crippen LogP contribution in [0.2, 0.25) is 5.02 Å². The fraction of sp³-hybridized carbons (Fsp3) is 0.200. The number of aromatic nitrogens is 2. The second-order valence-corrected chi connectivity index (χ2v) is 6.24. The SMILES string of the molecule is COc1ccc(OCCNc2nc(C)cc(Nc3ccc(Cl)cc3)n2)cc1. The zero-order valence-corrected chi connectivity index (χ0v) is 16.0. The Kier molecular flexibility index (Phi) is 6.33. The maximum atomic E-state index is 5.91. The Morgan fingerprint density at radius 3 is 2.37 bits per heavy atom. The van der Waals surface area contributed by atoms with Crippen LogP contribution in [0.5, 0.6) is 11.5 Å². The van der Waals surface area contributed by atoms with Gasteiger partial charge in [0.2, 0.25) is 5.95 Å². The molecule has 0 saturated heterocycles. The summed E-state index contributed by atoms with van der Waals surface area (Å²) in [6.45, 7) is 2.99. The van der Waals surface area contributed by atoms with E-state index in [1.54, 1.807) is 7.11 Å². The van der Waals surface area contributed by atoms with E-state index in [-0.39, 0.29) is 0 Å². The molecule has 0 aliphatic heterocycles. The Balaban J connectivity index is 1.53. The summed E-state index contributed by atoms with van der Waals surface area (Å²) < 4.78 is 10.8. The molecule has 3 aromatic rings. The van der Waals surface area contributed by atoms with E-state index in [0.29, 0.717) is 29.9 Å². The zero-order valence-electron chi connectivity index (χ0n) is 15.2. The van der Waals surface area contributed by atoms with Crippen molar-refractivity contribution >= 4 is 29.1 Å². The van der Waals surface area contributed by atoms with Gasteiger partial charge in [0.15, 0.2) is 0 Å². The van der Waals surface area contributed by atoms with Crippen LogP contribution in [-0.2, 0) is 0 Å². The summed E-state index contributed by atoms with van der Waals surface area (Å²) in [5.41, 5.74) is 1.77. The summed E-state index contributed by atoms with van der Waals surface area (Å²) in [5.74, 6) is 2.84. The van der Waals surface area contributed by atoms with Gasteiger partial charge < -0.3 is 20.1 Å². The maximum absolute atomic E-state index is 5.91. The standard InChI is InChI=1S/C20H21ClN4O2/c1-14-13-19(24-16-5-3-15(21)4-6-16)25-20(23-14)22-11-12-27-18-9-7-17(26-2)8-10-18/h3-10,13H,11-12H2,1-2H3,(H2,22,23,24,25). The minimum atomic E-state index is 0.490. The van der Waals surface area contributed by atoms with Gasteiger partial charge in [-0.3, -0.25) is 0 Å². The van der Waals surface area contributed by atoms with Crippen molar-refractivity contribution in [3.63, 3.8) is 0 Å². The van der Waals surface area contributed by atoms with Gasteiger partial charge >= 0.3 is 0 Å². The molecule has 0 aliphatic carbocycles. The van der Waals surface area contributed by atoms with E-state index in [1.807, 2.05) is 61.5 Å². The molecule has 0 fully saturated rings. The van der Waals surface area contributed by atoms with Gasteiger partial charge in [0.1, 0.15) is 23.9 Å². The average Bonchev–Trinajstić information content (AvgIpc) is 2.67. The highest BCUT2D eigenvalue weighted by molar-refractivity contribution is 6.30. The molecule has 0 radical (unpaired) electrons. The highest BCUT2D eigenvalue weighted by Crippen LogP contribution is 2.19. The number of anilines is 3. The topological polar surface area (TPSA) is 68.3 Å². The van der Waals surface area contributed by atoms with Gasteiger partial charge in [-0.25, -0.2) is 4.98 Å². The highest BCUT2D eigenvalue weighted by Gasteiger charge is 2.03. The number of halogens is 1. The molecule has 0 bridgehead atoms. The van der Waals surface area contributed by atoms with Crippen LogP contribution in [0.3, 0.4) is 0 Å². The smallest absolute Gasteiger partial charge is 0.224 e. The third-order valence-electron chi connectivity index (χ3n) is 3.68. The lowest BCUT2D eigenvalue weighted by molar-refractivity contribution is 0.331. The van der Waals surface area contributed by atoms with Crippen LogP contribution in [0.1, 0.15) is 5.69 Å². The predicted octanol–water partition coefficient (Wildman–Crippen LogP) is 4.68. The van der Waals surface area contributed by atoms with E-state index in [9.17, 15) is 0 Å². The van der Waals surface area contributed by atoms with Crippen LogP contribution >= 0.6 is 11.6 Å². The quantitative estimate of drug-likeness (QED) is 0.549. The van der Waals surface area contributed by atoms with Crippen molar-refractivity contribution in [1.29, 1.82) is 0 Å². The van der Waals surface area contributed by atoms with Crippen LogP contribution in [0.15, 0.2) is 54.6 Å². The van der Waals surface area contributed by atoms with Crippen LogP contribution in [0.4, 0.5) is 17.5 Å². The van der Waals surface area contributed by atoms with Crippen LogP contribution in [0, 0.1) is 6.92 Å². The number of rotatable bonds is 8. The lowest BCUT2D eigenvalue weighted by Gasteiger charge is -2.11. The molecular weight excluding hydrogens is 364 g/mol. The van der Waals surface area contributed by atoms with Gasteiger partial charge in [-0.15, -0.1) is 0 Å². The lowest BCUT2D eigenvalue weighted by atomic mass is 10.3. The minimum Gasteiger partial charge on any atom is -0.497 e. The lowest BCUT2D eigenvalue weighted by Crippen LogP contribution is -2.14. The summed E-state index contributed by atoms with van der Waals surface area (Å²) in [7, 11) is 1.64. The monoisotopic (exact) mass is 384 g/mol. The molecule has 1 aromatic heterocycles. The first kappa shape index (κ1) is 18.8. The summed E-state index contributed by atoms with van der Waals surface area (Å²) in [6, 6.07) is 16.8. The van der Waals surface area contributed by atoms with Crippen molar-refractivity contribution in [1.82, 2.24) is 9.97 Å². The number of aryl methyl sites for hydroxylation is 1. The fourth-order valence-corrected chi connectivity index (χ4v) is 2.52. The number of nitrogens with one attached hydrogen (secondary N) is 2. The number of hydrogen-bond donors (Lipinski definition) is 2. The Morgan fingerprint density at radius 1 is 0.963 bits per heavy atom. The van der Waals surface area contributed by atoms with Crippen molar-refractivity contribution in [3.05, 3.63) is 65.3 Å². The molecule has 140 valence electrons. The Labute approximate surface area is 163 Å². The van der Waals surface area contributed by atoms with Gasteiger partial charge in [0.25, 0.3) is 0 Å². The molecule has 0 amide bonds. The molecule has 0 saturated carbocycles. The van der Waals surface area contributed by atoms with Crippen molar-refractivity contribution in [2.75, 3.05) is 30.9 Å². The van der Waals surface area contributed by atoms with Crippen molar-refractivity contribution < 1.29 is 9.47 Å². The summed E-state index contributed by atoms with van der Waals surface area (Å²) in [4.78, 5) is 8.88. The van der Waals surface area contributed by atoms with Gasteiger partial charge in [-0.1, -0.05) is 11.6 Å². The van der Waals surface area contributed by atoms with Crippen molar-refractivity contribution in [2.45, 2.75) is 6.92 Å². The molecule has 0 atom stereocenters. The molecule has 2 N–H and O–H groups in total. The van der Waals surface area contributed by atoms with E-state index in [4.69, 9.17) is 21.1 Å². The number of nitrogens with zero attached hydrogens (tertiary/aromatic N) is 2. The van der Waals surface area contributed by atoms with E-state index < -0.39 is 0 Å². The van der Waals surface area contributed by atoms with Crippen molar-refractivity contribution in [3.8, 4) is 11.5 Å². The number of benzene rings is 2. The molecule has 1 heterocycles. The van der Waals surface area contributed by atoms with Crippen molar-refractivity contribution in [2.24, 2.45) is 0 Å². The molecule has 0 unspecified atom stereocenters. The third-order valence-corrected chi connectivity index (χ3v) is 3.94. The average molecular weight is 385 g/mol. The van der Waals surface area contributed by atoms with Crippen LogP contribution in [-0.4, -0.2) is 30.2 Å². The van der Waals surface area contributed by atoms with Gasteiger partial charge in [-0.05, 0) is 55.5 Å². The highest BCUT2D eigenvalue weighted by atomic mass is 35.5. The first-order valence-corrected chi connectivity index (χ1v) is 8.89. The maximum Gasteiger partial charge on any atom is 0.224 e. The second-order valence-electron chi connectivity index (χ2n) is 5.80. The Morgan fingerprint density at radius 2 is 1.67 bits per heavy atom. The third kappa shape index (κ3) is 5.76. The summed E-state index contributed by atoms with van der Waals surface area (Å²) in [5, 5.41) is 7.12. The van der Waals surface area contributed by atoms with Gasteiger partial charge in [-0.2, -0.15) is 4.98 Å². The van der Waals surface area contributed by atoms with Gasteiger partial charge in [0.05, 0.1) is 13.7 Å². The summed E-state index contributed by atoms with van der Waals surface area (Å²) >= 11 is 5.91. The molecule has 27 heavy (non-hydrogen) atoms. The minimum absolute atomic E-state index is 0.490. The molecule has 2 aromatic carbocycles. The first-order chi connectivity index (χ1) is 13.1.